The summed E-state index contributed by atoms with van der Waals surface area (Å²) in [5, 5.41) is 0. The first-order chi connectivity index (χ1) is 8.99. The van der Waals surface area contributed by atoms with Gasteiger partial charge in [0.15, 0.2) is 0 Å². The summed E-state index contributed by atoms with van der Waals surface area (Å²) < 4.78 is 15.7. The number of rotatable bonds is 1. The molecule has 0 saturated heterocycles. The standard InChI is InChI=1S/C13H14FN5/c1-13(9-6-8(15)2-3-10(9)14)7-11-17-4-5-19(11)12(16)18-13/h2-6H,7,15H2,1H3,(H2,16,18)/t13-/m0/s1. The Balaban J connectivity index is 2.15. The summed E-state index contributed by atoms with van der Waals surface area (Å²) in [5.41, 5.74) is 11.8. The number of nitrogen functional groups attached to an aromatic ring is 1. The van der Waals surface area contributed by atoms with Crippen molar-refractivity contribution >= 4 is 11.6 Å². The molecule has 2 heterocycles. The molecular weight excluding hydrogens is 245 g/mol. The van der Waals surface area contributed by atoms with Gasteiger partial charge in [0.05, 0.1) is 5.54 Å². The van der Waals surface area contributed by atoms with Crippen LogP contribution in [0.15, 0.2) is 35.6 Å². The van der Waals surface area contributed by atoms with Gasteiger partial charge in [-0.25, -0.2) is 14.4 Å². The van der Waals surface area contributed by atoms with Gasteiger partial charge in [-0.2, -0.15) is 0 Å². The van der Waals surface area contributed by atoms with Gasteiger partial charge in [0, 0.05) is 30.1 Å². The lowest BCUT2D eigenvalue weighted by Gasteiger charge is -2.30. The number of hydrogen-bond donors (Lipinski definition) is 2. The maximum Gasteiger partial charge on any atom is 0.201 e. The SMILES string of the molecule is C[C@@]1(c2cc(N)ccc2F)Cc2nccn2C(N)=N1. The number of aliphatic imine (C=N–C) groups is 1. The van der Waals surface area contributed by atoms with E-state index in [0.717, 1.165) is 5.82 Å². The highest BCUT2D eigenvalue weighted by atomic mass is 19.1. The van der Waals surface area contributed by atoms with E-state index in [1.54, 1.807) is 23.0 Å². The molecule has 1 aliphatic heterocycles. The maximum absolute atomic E-state index is 14.0. The molecule has 6 heteroatoms. The zero-order chi connectivity index (χ0) is 13.6. The lowest BCUT2D eigenvalue weighted by Crippen LogP contribution is -2.38. The highest BCUT2D eigenvalue weighted by molar-refractivity contribution is 5.82. The van der Waals surface area contributed by atoms with Gasteiger partial charge in [-0.05, 0) is 25.1 Å². The summed E-state index contributed by atoms with van der Waals surface area (Å²) in [7, 11) is 0. The zero-order valence-electron chi connectivity index (χ0n) is 10.5. The van der Waals surface area contributed by atoms with Crippen LogP contribution in [-0.4, -0.2) is 15.5 Å². The van der Waals surface area contributed by atoms with Crippen molar-refractivity contribution < 1.29 is 4.39 Å². The second-order valence-electron chi connectivity index (χ2n) is 4.87. The fourth-order valence-electron chi connectivity index (χ4n) is 2.44. The number of nitrogens with two attached hydrogens (primary N) is 2. The number of anilines is 1. The van der Waals surface area contributed by atoms with Crippen LogP contribution in [0.4, 0.5) is 10.1 Å². The van der Waals surface area contributed by atoms with Gasteiger partial charge in [-0.3, -0.25) is 4.57 Å². The zero-order valence-corrected chi connectivity index (χ0v) is 10.5. The van der Waals surface area contributed by atoms with Crippen molar-refractivity contribution in [3.63, 3.8) is 0 Å². The van der Waals surface area contributed by atoms with Gasteiger partial charge in [0.25, 0.3) is 0 Å². The number of halogens is 1. The molecule has 0 spiro atoms. The number of hydrogen-bond acceptors (Lipinski definition) is 4. The van der Waals surface area contributed by atoms with Crippen molar-refractivity contribution in [1.29, 1.82) is 0 Å². The lowest BCUT2D eigenvalue weighted by molar-refractivity contribution is 0.435. The quantitative estimate of drug-likeness (QED) is 0.756. The molecule has 0 saturated carbocycles. The number of nitrogens with zero attached hydrogens (tertiary/aromatic N) is 3. The summed E-state index contributed by atoms with van der Waals surface area (Å²) in [4.78, 5) is 8.65. The molecule has 0 bridgehead atoms. The van der Waals surface area contributed by atoms with Crippen molar-refractivity contribution in [2.24, 2.45) is 10.7 Å². The lowest BCUT2D eigenvalue weighted by atomic mass is 9.87. The second kappa shape index (κ2) is 3.81. The van der Waals surface area contributed by atoms with E-state index >= 15 is 0 Å². The molecule has 0 aliphatic carbocycles. The van der Waals surface area contributed by atoms with E-state index in [2.05, 4.69) is 9.98 Å². The highest BCUT2D eigenvalue weighted by Gasteiger charge is 2.35. The minimum Gasteiger partial charge on any atom is -0.399 e. The molecular formula is C13H14FN5. The Morgan fingerprint density at radius 2 is 2.16 bits per heavy atom. The molecule has 98 valence electrons. The van der Waals surface area contributed by atoms with E-state index in [1.165, 1.54) is 12.1 Å². The third-order valence-electron chi connectivity index (χ3n) is 3.40. The van der Waals surface area contributed by atoms with E-state index < -0.39 is 5.54 Å². The Hall–Kier alpha value is -2.37. The van der Waals surface area contributed by atoms with Crippen LogP contribution in [0.3, 0.4) is 0 Å². The third-order valence-corrected chi connectivity index (χ3v) is 3.40. The van der Waals surface area contributed by atoms with Crippen LogP contribution in [0.25, 0.3) is 0 Å². The van der Waals surface area contributed by atoms with Crippen molar-refractivity contribution in [2.75, 3.05) is 5.73 Å². The summed E-state index contributed by atoms with van der Waals surface area (Å²) in [6.07, 6.45) is 3.86. The van der Waals surface area contributed by atoms with Crippen LogP contribution in [-0.2, 0) is 12.0 Å². The molecule has 0 amide bonds. The molecule has 5 nitrogen and oxygen atoms in total. The van der Waals surface area contributed by atoms with Crippen molar-refractivity contribution in [1.82, 2.24) is 9.55 Å². The number of imidazole rings is 1. The van der Waals surface area contributed by atoms with Crippen LogP contribution in [0.1, 0.15) is 18.3 Å². The van der Waals surface area contributed by atoms with Crippen LogP contribution in [0, 0.1) is 5.82 Å². The maximum atomic E-state index is 14.0. The first kappa shape index (κ1) is 11.7. The molecule has 0 fully saturated rings. The van der Waals surface area contributed by atoms with Crippen LogP contribution < -0.4 is 11.5 Å². The fraction of sp³-hybridized carbons (Fsp3) is 0.231. The summed E-state index contributed by atoms with van der Waals surface area (Å²) in [5.74, 6) is 0.730. The number of aromatic nitrogens is 2. The molecule has 1 aromatic carbocycles. The molecule has 3 rings (SSSR count). The van der Waals surface area contributed by atoms with Gasteiger partial charge in [-0.15, -0.1) is 0 Å². The molecule has 1 aromatic heterocycles. The number of fused-ring (bicyclic) bond motifs is 1. The van der Waals surface area contributed by atoms with E-state index in [4.69, 9.17) is 11.5 Å². The molecule has 0 unspecified atom stereocenters. The minimum absolute atomic E-state index is 0.308. The van der Waals surface area contributed by atoms with E-state index in [0.29, 0.717) is 23.6 Å². The molecule has 2 aromatic rings. The van der Waals surface area contributed by atoms with Gasteiger partial charge in [-0.1, -0.05) is 0 Å². The topological polar surface area (TPSA) is 82.2 Å². The Bertz CT molecular complexity index is 675. The summed E-state index contributed by atoms with van der Waals surface area (Å²) in [6.45, 7) is 1.83. The molecule has 1 atom stereocenters. The fourth-order valence-corrected chi connectivity index (χ4v) is 2.44. The Morgan fingerprint density at radius 3 is 2.95 bits per heavy atom. The Labute approximate surface area is 109 Å². The molecule has 1 aliphatic rings. The highest BCUT2D eigenvalue weighted by Crippen LogP contribution is 2.34. The smallest absolute Gasteiger partial charge is 0.201 e. The van der Waals surface area contributed by atoms with Gasteiger partial charge < -0.3 is 11.5 Å². The monoisotopic (exact) mass is 259 g/mol. The van der Waals surface area contributed by atoms with Crippen molar-refractivity contribution in [3.8, 4) is 0 Å². The average Bonchev–Trinajstić information content (AvgIpc) is 2.80. The first-order valence-electron chi connectivity index (χ1n) is 5.93. The van der Waals surface area contributed by atoms with Gasteiger partial charge in [0.1, 0.15) is 11.6 Å². The Morgan fingerprint density at radius 1 is 1.37 bits per heavy atom. The summed E-state index contributed by atoms with van der Waals surface area (Å²) >= 11 is 0. The van der Waals surface area contributed by atoms with Gasteiger partial charge >= 0.3 is 0 Å². The van der Waals surface area contributed by atoms with E-state index in [1.807, 2.05) is 6.92 Å². The average molecular weight is 259 g/mol. The number of benzene rings is 1. The Kier molecular flexibility index (Phi) is 2.35. The summed E-state index contributed by atoms with van der Waals surface area (Å²) in [6, 6.07) is 4.48. The molecule has 4 N–H and O–H groups in total. The van der Waals surface area contributed by atoms with Crippen LogP contribution in [0.5, 0.6) is 0 Å². The van der Waals surface area contributed by atoms with Gasteiger partial charge in [0.2, 0.25) is 5.96 Å². The predicted molar refractivity (Wildman–Crippen MR) is 71.1 cm³/mol. The minimum atomic E-state index is -0.787. The van der Waals surface area contributed by atoms with Crippen molar-refractivity contribution in [2.45, 2.75) is 18.9 Å². The normalized spacial score (nSPS) is 21.9. The molecule has 19 heavy (non-hydrogen) atoms. The van der Waals surface area contributed by atoms with Crippen LogP contribution in [0.2, 0.25) is 0 Å². The first-order valence-corrected chi connectivity index (χ1v) is 5.93. The predicted octanol–water partition coefficient (Wildman–Crippen LogP) is 1.24. The van der Waals surface area contributed by atoms with Crippen molar-refractivity contribution in [3.05, 3.63) is 47.8 Å². The third kappa shape index (κ3) is 1.76. The van der Waals surface area contributed by atoms with E-state index in [-0.39, 0.29) is 5.82 Å². The second-order valence-corrected chi connectivity index (χ2v) is 4.87. The van der Waals surface area contributed by atoms with Crippen LogP contribution >= 0.6 is 0 Å². The van der Waals surface area contributed by atoms with E-state index in [9.17, 15) is 4.39 Å². The largest absolute Gasteiger partial charge is 0.399 e. The molecule has 0 radical (unpaired) electrons.